The number of H-pyrrole nitrogens is 1. The van der Waals surface area contributed by atoms with Gasteiger partial charge in [-0.15, -0.1) is 11.3 Å². The van der Waals surface area contributed by atoms with Gasteiger partial charge in [0.25, 0.3) is 5.91 Å². The van der Waals surface area contributed by atoms with Crippen molar-refractivity contribution in [1.29, 1.82) is 0 Å². The van der Waals surface area contributed by atoms with E-state index in [1.54, 1.807) is 11.3 Å². The van der Waals surface area contributed by atoms with Gasteiger partial charge in [0, 0.05) is 58.0 Å². The second-order valence-corrected chi connectivity index (χ2v) is 8.26. The summed E-state index contributed by atoms with van der Waals surface area (Å²) in [5.74, 6) is 0.907. The van der Waals surface area contributed by atoms with Crippen LogP contribution in [-0.2, 0) is 11.3 Å². The number of amides is 1. The van der Waals surface area contributed by atoms with Gasteiger partial charge in [0.15, 0.2) is 0 Å². The number of carbonyl (C=O) groups is 1. The molecular formula is C23H22N4O2S. The van der Waals surface area contributed by atoms with Crippen molar-refractivity contribution in [2.24, 2.45) is 0 Å². The number of nitrogens with one attached hydrogen (secondary N) is 2. The van der Waals surface area contributed by atoms with Crippen LogP contribution in [0.2, 0.25) is 0 Å². The predicted molar refractivity (Wildman–Crippen MR) is 120 cm³/mol. The van der Waals surface area contributed by atoms with Crippen molar-refractivity contribution in [2.75, 3.05) is 31.2 Å². The molecule has 6 nitrogen and oxygen atoms in total. The Hall–Kier alpha value is -3.16. The maximum absolute atomic E-state index is 12.5. The number of aromatic nitrogens is 2. The first-order valence-corrected chi connectivity index (χ1v) is 10.9. The van der Waals surface area contributed by atoms with Gasteiger partial charge in [-0.05, 0) is 35.7 Å². The Labute approximate surface area is 178 Å². The zero-order valence-electron chi connectivity index (χ0n) is 16.4. The van der Waals surface area contributed by atoms with Crippen LogP contribution in [0, 0.1) is 0 Å². The van der Waals surface area contributed by atoms with E-state index >= 15 is 0 Å². The van der Waals surface area contributed by atoms with Crippen LogP contribution < -0.4 is 10.2 Å². The number of carbonyl (C=O) groups excluding carboxylic acids is 1. The number of thiophene rings is 1. The van der Waals surface area contributed by atoms with Crippen LogP contribution in [-0.4, -0.2) is 42.2 Å². The van der Waals surface area contributed by atoms with Gasteiger partial charge in [-0.3, -0.25) is 4.79 Å². The molecule has 0 aliphatic carbocycles. The maximum atomic E-state index is 12.5. The Morgan fingerprint density at radius 1 is 1.20 bits per heavy atom. The topological polar surface area (TPSA) is 70.2 Å². The van der Waals surface area contributed by atoms with E-state index in [0.29, 0.717) is 12.1 Å². The van der Waals surface area contributed by atoms with Crippen molar-refractivity contribution in [2.45, 2.75) is 6.54 Å². The highest BCUT2D eigenvalue weighted by atomic mass is 32.1. The van der Waals surface area contributed by atoms with Gasteiger partial charge in [0.05, 0.1) is 19.8 Å². The molecule has 4 aromatic rings. The summed E-state index contributed by atoms with van der Waals surface area (Å²) in [5, 5.41) is 6.06. The SMILES string of the molecule is O=C(NCc1cccs1)c1ccc2c(-c3ccc(N4CCOCC4)nc3)c[nH]c2c1. The lowest BCUT2D eigenvalue weighted by atomic mass is 10.0. The fourth-order valence-electron chi connectivity index (χ4n) is 3.71. The first kappa shape index (κ1) is 18.8. The van der Waals surface area contributed by atoms with Gasteiger partial charge in [-0.1, -0.05) is 12.1 Å². The van der Waals surface area contributed by atoms with Gasteiger partial charge < -0.3 is 19.9 Å². The molecule has 1 fully saturated rings. The third-order valence-electron chi connectivity index (χ3n) is 5.34. The molecule has 152 valence electrons. The number of rotatable bonds is 5. The molecule has 0 radical (unpaired) electrons. The van der Waals surface area contributed by atoms with E-state index < -0.39 is 0 Å². The number of ether oxygens (including phenoxy) is 1. The van der Waals surface area contributed by atoms with Gasteiger partial charge in [0.1, 0.15) is 5.82 Å². The zero-order valence-corrected chi connectivity index (χ0v) is 17.2. The second-order valence-electron chi connectivity index (χ2n) is 7.23. The highest BCUT2D eigenvalue weighted by Gasteiger charge is 2.14. The summed E-state index contributed by atoms with van der Waals surface area (Å²) < 4.78 is 5.41. The van der Waals surface area contributed by atoms with Crippen molar-refractivity contribution in [3.63, 3.8) is 0 Å². The zero-order chi connectivity index (χ0) is 20.3. The van der Waals surface area contributed by atoms with Crippen LogP contribution in [0.15, 0.2) is 60.2 Å². The molecule has 0 spiro atoms. The van der Waals surface area contributed by atoms with Crippen LogP contribution >= 0.6 is 11.3 Å². The average Bonchev–Trinajstić information content (AvgIpc) is 3.48. The van der Waals surface area contributed by atoms with Crippen molar-refractivity contribution in [3.8, 4) is 11.1 Å². The van der Waals surface area contributed by atoms with Crippen molar-refractivity contribution < 1.29 is 9.53 Å². The number of fused-ring (bicyclic) bond motifs is 1. The van der Waals surface area contributed by atoms with E-state index in [0.717, 1.165) is 59.0 Å². The van der Waals surface area contributed by atoms with E-state index in [4.69, 9.17) is 4.74 Å². The number of anilines is 1. The van der Waals surface area contributed by atoms with Crippen LogP contribution in [0.1, 0.15) is 15.2 Å². The smallest absolute Gasteiger partial charge is 0.251 e. The van der Waals surface area contributed by atoms with Gasteiger partial charge in [-0.25, -0.2) is 4.98 Å². The molecule has 2 N–H and O–H groups in total. The van der Waals surface area contributed by atoms with E-state index in [9.17, 15) is 4.79 Å². The minimum Gasteiger partial charge on any atom is -0.378 e. The third-order valence-corrected chi connectivity index (χ3v) is 6.22. The molecule has 3 aromatic heterocycles. The van der Waals surface area contributed by atoms with Crippen molar-refractivity contribution >= 4 is 34.0 Å². The molecule has 1 aliphatic rings. The fourth-order valence-corrected chi connectivity index (χ4v) is 4.36. The molecule has 30 heavy (non-hydrogen) atoms. The average molecular weight is 419 g/mol. The number of nitrogens with zero attached hydrogens (tertiary/aromatic N) is 2. The van der Waals surface area contributed by atoms with Gasteiger partial charge in [0.2, 0.25) is 0 Å². The number of hydrogen-bond donors (Lipinski definition) is 2. The minimum absolute atomic E-state index is 0.0713. The van der Waals surface area contributed by atoms with Crippen molar-refractivity contribution in [3.05, 3.63) is 70.7 Å². The van der Waals surface area contributed by atoms with Crippen LogP contribution in [0.5, 0.6) is 0 Å². The van der Waals surface area contributed by atoms with Crippen LogP contribution in [0.4, 0.5) is 5.82 Å². The monoisotopic (exact) mass is 418 g/mol. The quantitative estimate of drug-likeness (QED) is 0.513. The Morgan fingerprint density at radius 3 is 2.87 bits per heavy atom. The van der Waals surface area contributed by atoms with Crippen LogP contribution in [0.25, 0.3) is 22.0 Å². The summed E-state index contributed by atoms with van der Waals surface area (Å²) >= 11 is 1.64. The highest BCUT2D eigenvalue weighted by Crippen LogP contribution is 2.30. The Kier molecular flexibility index (Phi) is 5.21. The number of hydrogen-bond acceptors (Lipinski definition) is 5. The van der Waals surface area contributed by atoms with E-state index in [2.05, 4.69) is 32.3 Å². The second kappa shape index (κ2) is 8.30. The molecule has 5 rings (SSSR count). The molecule has 1 saturated heterocycles. The molecule has 0 bridgehead atoms. The largest absolute Gasteiger partial charge is 0.378 e. The number of benzene rings is 1. The predicted octanol–water partition coefficient (Wildman–Crippen LogP) is 4.06. The van der Waals surface area contributed by atoms with E-state index in [1.165, 1.54) is 0 Å². The number of morpholine rings is 1. The van der Waals surface area contributed by atoms with Gasteiger partial charge in [-0.2, -0.15) is 0 Å². The number of aromatic amines is 1. The summed E-state index contributed by atoms with van der Waals surface area (Å²) in [6.07, 6.45) is 3.89. The molecule has 1 aliphatic heterocycles. The third kappa shape index (κ3) is 3.81. The lowest BCUT2D eigenvalue weighted by Crippen LogP contribution is -2.36. The molecule has 7 heteroatoms. The van der Waals surface area contributed by atoms with Gasteiger partial charge >= 0.3 is 0 Å². The molecule has 1 aromatic carbocycles. The lowest BCUT2D eigenvalue weighted by molar-refractivity contribution is 0.0951. The van der Waals surface area contributed by atoms with E-state index in [-0.39, 0.29) is 5.91 Å². The fraction of sp³-hybridized carbons (Fsp3) is 0.217. The molecule has 4 heterocycles. The minimum atomic E-state index is -0.0713. The summed E-state index contributed by atoms with van der Waals surface area (Å²) in [7, 11) is 0. The standard InChI is InChI=1S/C23H22N4O2S/c28-23(26-14-18-2-1-11-30-18)16-3-5-19-20(15-24-21(19)12-16)17-4-6-22(25-13-17)27-7-9-29-10-8-27/h1-6,11-13,15,24H,7-10,14H2,(H,26,28). The Morgan fingerprint density at radius 2 is 2.10 bits per heavy atom. The number of pyridine rings is 1. The highest BCUT2D eigenvalue weighted by molar-refractivity contribution is 7.09. The van der Waals surface area contributed by atoms with Crippen LogP contribution in [0.3, 0.4) is 0 Å². The van der Waals surface area contributed by atoms with E-state index in [1.807, 2.05) is 48.1 Å². The summed E-state index contributed by atoms with van der Waals surface area (Å²) in [4.78, 5) is 23.8. The summed E-state index contributed by atoms with van der Waals surface area (Å²) in [6, 6.07) is 13.9. The maximum Gasteiger partial charge on any atom is 0.251 e. The molecule has 0 saturated carbocycles. The first-order chi connectivity index (χ1) is 14.8. The Bertz CT molecular complexity index is 1150. The molecular weight excluding hydrogens is 396 g/mol. The molecule has 1 amide bonds. The first-order valence-electron chi connectivity index (χ1n) is 9.99. The summed E-state index contributed by atoms with van der Waals surface area (Å²) in [6.45, 7) is 3.78. The Balaban J connectivity index is 1.34. The molecule has 0 atom stereocenters. The summed E-state index contributed by atoms with van der Waals surface area (Å²) in [5.41, 5.74) is 3.71. The lowest BCUT2D eigenvalue weighted by Gasteiger charge is -2.27. The van der Waals surface area contributed by atoms with Crippen molar-refractivity contribution in [1.82, 2.24) is 15.3 Å². The molecule has 0 unspecified atom stereocenters. The normalized spacial score (nSPS) is 14.2.